The molecule has 6 nitrogen and oxygen atoms in total. The fourth-order valence-electron chi connectivity index (χ4n) is 3.52. The SMILES string of the molecule is [CH2]C(O)(c1ccccc1)c1cccc(NC(=O)c2cc(C(F)(F)F)nn2-c2cccc(C#N)c2)c1. The largest absolute Gasteiger partial charge is 0.435 e. The van der Waals surface area contributed by atoms with Crippen molar-refractivity contribution in [3.05, 3.63) is 120 Å². The predicted octanol–water partition coefficient (Wildman–Crippen LogP) is 5.09. The van der Waals surface area contributed by atoms with Crippen LogP contribution in [0.15, 0.2) is 84.9 Å². The van der Waals surface area contributed by atoms with Gasteiger partial charge >= 0.3 is 6.18 Å². The number of aromatic nitrogens is 2. The minimum absolute atomic E-state index is 0.120. The number of alkyl halides is 3. The van der Waals surface area contributed by atoms with Gasteiger partial charge in [-0.25, -0.2) is 4.68 Å². The van der Waals surface area contributed by atoms with E-state index in [-0.39, 0.29) is 22.6 Å². The monoisotopic (exact) mass is 475 g/mol. The van der Waals surface area contributed by atoms with E-state index in [4.69, 9.17) is 5.26 Å². The van der Waals surface area contributed by atoms with Crippen LogP contribution in [0.2, 0.25) is 0 Å². The minimum Gasteiger partial charge on any atom is -0.380 e. The Kier molecular flexibility index (Phi) is 6.16. The number of hydrogen-bond donors (Lipinski definition) is 2. The lowest BCUT2D eigenvalue weighted by Crippen LogP contribution is -2.23. The van der Waals surface area contributed by atoms with Crippen molar-refractivity contribution < 1.29 is 23.1 Å². The zero-order valence-electron chi connectivity index (χ0n) is 18.1. The minimum atomic E-state index is -4.78. The summed E-state index contributed by atoms with van der Waals surface area (Å²) in [5.74, 6) is -0.861. The van der Waals surface area contributed by atoms with Crippen LogP contribution >= 0.6 is 0 Å². The van der Waals surface area contributed by atoms with Gasteiger partial charge in [-0.2, -0.15) is 23.5 Å². The van der Waals surface area contributed by atoms with Crippen LogP contribution in [-0.4, -0.2) is 20.8 Å². The molecule has 9 heteroatoms. The molecule has 1 radical (unpaired) electrons. The smallest absolute Gasteiger partial charge is 0.380 e. The molecule has 0 bridgehead atoms. The standard InChI is InChI=1S/C26H18F3N4O2/c1-25(35,18-8-3-2-4-9-18)19-10-6-11-20(14-19)31-24(34)22-15-23(26(27,28)29)32-33(22)21-12-5-7-17(13-21)16-30/h2-15,35H,1H2,(H,31,34). The molecule has 1 amide bonds. The number of hydrogen-bond acceptors (Lipinski definition) is 4. The average Bonchev–Trinajstić information content (AvgIpc) is 3.31. The highest BCUT2D eigenvalue weighted by Crippen LogP contribution is 2.32. The molecule has 3 aromatic carbocycles. The number of halogens is 3. The summed E-state index contributed by atoms with van der Waals surface area (Å²) in [7, 11) is 0. The molecule has 2 N–H and O–H groups in total. The second-order valence-electron chi connectivity index (χ2n) is 7.75. The predicted molar refractivity (Wildman–Crippen MR) is 122 cm³/mol. The van der Waals surface area contributed by atoms with Gasteiger partial charge in [-0.15, -0.1) is 0 Å². The normalized spacial score (nSPS) is 13.0. The maximum absolute atomic E-state index is 13.4. The number of rotatable bonds is 5. The summed E-state index contributed by atoms with van der Waals surface area (Å²) in [6.45, 7) is 3.87. The van der Waals surface area contributed by atoms with Crippen molar-refractivity contribution in [2.45, 2.75) is 11.8 Å². The van der Waals surface area contributed by atoms with Crippen molar-refractivity contribution in [1.29, 1.82) is 5.26 Å². The average molecular weight is 475 g/mol. The first kappa shape index (κ1) is 23.7. The molecule has 0 aliphatic heterocycles. The number of anilines is 1. The number of carbonyl (C=O) groups is 1. The van der Waals surface area contributed by atoms with E-state index in [0.29, 0.717) is 17.2 Å². The first-order valence-corrected chi connectivity index (χ1v) is 10.3. The van der Waals surface area contributed by atoms with Gasteiger partial charge in [0.05, 0.1) is 17.3 Å². The molecule has 0 aliphatic rings. The zero-order valence-corrected chi connectivity index (χ0v) is 18.1. The van der Waals surface area contributed by atoms with Crippen LogP contribution in [0.5, 0.6) is 0 Å². The highest BCUT2D eigenvalue weighted by Gasteiger charge is 2.36. The molecule has 0 saturated carbocycles. The van der Waals surface area contributed by atoms with Gasteiger partial charge in [0, 0.05) is 11.8 Å². The van der Waals surface area contributed by atoms with Crippen molar-refractivity contribution in [3.8, 4) is 11.8 Å². The molecule has 4 aromatic rings. The Morgan fingerprint density at radius 3 is 2.34 bits per heavy atom. The van der Waals surface area contributed by atoms with Crippen LogP contribution in [0.4, 0.5) is 18.9 Å². The molecule has 0 saturated heterocycles. The number of nitrogens with one attached hydrogen (secondary N) is 1. The Hall–Kier alpha value is -4.42. The molecular weight excluding hydrogens is 457 g/mol. The quantitative estimate of drug-likeness (QED) is 0.421. The summed E-state index contributed by atoms with van der Waals surface area (Å²) in [5, 5.41) is 26.2. The summed E-state index contributed by atoms with van der Waals surface area (Å²) >= 11 is 0. The molecule has 1 unspecified atom stereocenters. The van der Waals surface area contributed by atoms with Crippen LogP contribution in [0, 0.1) is 18.3 Å². The van der Waals surface area contributed by atoms with Crippen molar-refractivity contribution >= 4 is 11.6 Å². The molecule has 175 valence electrons. The molecule has 1 heterocycles. The maximum atomic E-state index is 13.4. The second kappa shape index (κ2) is 9.08. The molecule has 0 fully saturated rings. The van der Waals surface area contributed by atoms with Gasteiger partial charge in [-0.1, -0.05) is 48.5 Å². The fourth-order valence-corrected chi connectivity index (χ4v) is 3.52. The third kappa shape index (κ3) is 4.93. The Labute approximate surface area is 198 Å². The van der Waals surface area contributed by atoms with Gasteiger partial charge in [0.2, 0.25) is 0 Å². The second-order valence-corrected chi connectivity index (χ2v) is 7.75. The zero-order chi connectivity index (χ0) is 25.2. The van der Waals surface area contributed by atoms with Crippen LogP contribution in [0.1, 0.15) is 32.9 Å². The first-order valence-electron chi connectivity index (χ1n) is 10.3. The highest BCUT2D eigenvalue weighted by molar-refractivity contribution is 6.03. The Balaban J connectivity index is 1.70. The van der Waals surface area contributed by atoms with E-state index in [0.717, 1.165) is 4.68 Å². The third-order valence-corrected chi connectivity index (χ3v) is 5.30. The summed E-state index contributed by atoms with van der Waals surface area (Å²) < 4.78 is 41.0. The number of nitriles is 1. The van der Waals surface area contributed by atoms with E-state index in [2.05, 4.69) is 17.3 Å². The first-order chi connectivity index (χ1) is 16.6. The summed E-state index contributed by atoms with van der Waals surface area (Å²) in [6, 6.07) is 23.2. The third-order valence-electron chi connectivity index (χ3n) is 5.30. The fraction of sp³-hybridized carbons (Fsp3) is 0.0769. The lowest BCUT2D eigenvalue weighted by Gasteiger charge is -2.25. The number of nitrogens with zero attached hydrogens (tertiary/aromatic N) is 3. The summed E-state index contributed by atoms with van der Waals surface area (Å²) in [4.78, 5) is 13.1. The van der Waals surface area contributed by atoms with Crippen LogP contribution < -0.4 is 5.32 Å². The van der Waals surface area contributed by atoms with Gasteiger partial charge in [0.25, 0.3) is 5.91 Å². The molecular formula is C26H18F3N4O2. The molecule has 1 atom stereocenters. The Morgan fingerprint density at radius 1 is 0.971 bits per heavy atom. The molecule has 4 rings (SSSR count). The van der Waals surface area contributed by atoms with Crippen molar-refractivity contribution in [3.63, 3.8) is 0 Å². The molecule has 35 heavy (non-hydrogen) atoms. The van der Waals surface area contributed by atoms with Gasteiger partial charge in [0.1, 0.15) is 11.3 Å². The topological polar surface area (TPSA) is 90.9 Å². The van der Waals surface area contributed by atoms with E-state index < -0.39 is 23.4 Å². The maximum Gasteiger partial charge on any atom is 0.435 e. The number of aliphatic hydroxyl groups is 1. The molecule has 0 aliphatic carbocycles. The van der Waals surface area contributed by atoms with E-state index >= 15 is 0 Å². The number of carbonyl (C=O) groups excluding carboxylic acids is 1. The van der Waals surface area contributed by atoms with Gasteiger partial charge < -0.3 is 10.4 Å². The highest BCUT2D eigenvalue weighted by atomic mass is 19.4. The number of benzene rings is 3. The van der Waals surface area contributed by atoms with E-state index in [9.17, 15) is 23.1 Å². The lowest BCUT2D eigenvalue weighted by atomic mass is 9.88. The van der Waals surface area contributed by atoms with Crippen LogP contribution in [-0.2, 0) is 11.8 Å². The Morgan fingerprint density at radius 2 is 1.66 bits per heavy atom. The van der Waals surface area contributed by atoms with Crippen LogP contribution in [0.25, 0.3) is 5.69 Å². The van der Waals surface area contributed by atoms with Crippen molar-refractivity contribution in [1.82, 2.24) is 9.78 Å². The summed E-state index contributed by atoms with van der Waals surface area (Å²) in [6.07, 6.45) is -4.78. The number of amides is 1. The molecule has 1 aromatic heterocycles. The molecule has 0 spiro atoms. The Bertz CT molecular complexity index is 1420. The van der Waals surface area contributed by atoms with Gasteiger partial charge in [-0.3, -0.25) is 4.79 Å². The van der Waals surface area contributed by atoms with Gasteiger partial charge in [-0.05, 0) is 48.4 Å². The van der Waals surface area contributed by atoms with E-state index in [1.807, 2.05) is 6.07 Å². The van der Waals surface area contributed by atoms with E-state index in [1.165, 1.54) is 36.4 Å². The van der Waals surface area contributed by atoms with Crippen LogP contribution in [0.3, 0.4) is 0 Å². The van der Waals surface area contributed by atoms with Gasteiger partial charge in [0.15, 0.2) is 5.69 Å². The van der Waals surface area contributed by atoms with E-state index in [1.54, 1.807) is 42.5 Å². The van der Waals surface area contributed by atoms with Crippen molar-refractivity contribution in [2.24, 2.45) is 0 Å². The summed E-state index contributed by atoms with van der Waals surface area (Å²) in [5.41, 5.74) is -1.82. The van der Waals surface area contributed by atoms with Crippen molar-refractivity contribution in [2.75, 3.05) is 5.32 Å². The lowest BCUT2D eigenvalue weighted by molar-refractivity contribution is -0.141.